The maximum atomic E-state index is 11.6. The highest BCUT2D eigenvalue weighted by Gasteiger charge is 2.44. The van der Waals surface area contributed by atoms with Gasteiger partial charge in [0.25, 0.3) is 0 Å². The fourth-order valence-corrected chi connectivity index (χ4v) is 2.70. The van der Waals surface area contributed by atoms with Gasteiger partial charge in [0.2, 0.25) is 0 Å². The predicted octanol–water partition coefficient (Wildman–Crippen LogP) is 1.75. The number of piperidine rings is 1. The smallest absolute Gasteiger partial charge is 0.410 e. The minimum absolute atomic E-state index is 0.0521. The van der Waals surface area contributed by atoms with Crippen molar-refractivity contribution < 1.29 is 14.3 Å². The molecule has 16 heavy (non-hydrogen) atoms. The number of fused-ring (bicyclic) bond motifs is 1. The maximum absolute atomic E-state index is 11.6. The molecule has 2 heterocycles. The first-order chi connectivity index (χ1) is 7.63. The largest absolute Gasteiger partial charge is 0.447 e. The van der Waals surface area contributed by atoms with Crippen LogP contribution in [0, 0.1) is 5.92 Å². The molecule has 4 heteroatoms. The van der Waals surface area contributed by atoms with Crippen LogP contribution in [0.25, 0.3) is 0 Å². The van der Waals surface area contributed by atoms with Crippen molar-refractivity contribution in [3.05, 3.63) is 12.7 Å². The molecule has 3 atom stereocenters. The lowest BCUT2D eigenvalue weighted by atomic mass is 9.84. The molecular weight excluding hydrogens is 206 g/mol. The third kappa shape index (κ3) is 1.84. The molecular formula is C12H17NO3. The van der Waals surface area contributed by atoms with E-state index in [1.807, 2.05) is 6.08 Å². The van der Waals surface area contributed by atoms with Gasteiger partial charge in [-0.05, 0) is 25.7 Å². The van der Waals surface area contributed by atoms with Gasteiger partial charge in [-0.3, -0.25) is 9.69 Å². The molecule has 0 aromatic heterocycles. The van der Waals surface area contributed by atoms with Crippen molar-refractivity contribution in [1.82, 2.24) is 4.90 Å². The zero-order valence-electron chi connectivity index (χ0n) is 9.52. The number of rotatable bonds is 3. The van der Waals surface area contributed by atoms with Crippen molar-refractivity contribution in [2.24, 2.45) is 5.92 Å². The summed E-state index contributed by atoms with van der Waals surface area (Å²) < 4.78 is 5.05. The highest BCUT2D eigenvalue weighted by atomic mass is 16.6. The molecule has 0 saturated carbocycles. The summed E-state index contributed by atoms with van der Waals surface area (Å²) in [6, 6.07) is 0.108. The molecule has 0 unspecified atom stereocenters. The van der Waals surface area contributed by atoms with Crippen molar-refractivity contribution in [3.8, 4) is 0 Å². The first kappa shape index (κ1) is 11.2. The zero-order chi connectivity index (χ0) is 11.7. The Morgan fingerprint density at radius 1 is 1.62 bits per heavy atom. The van der Waals surface area contributed by atoms with Gasteiger partial charge in [-0.25, -0.2) is 4.79 Å². The highest BCUT2D eigenvalue weighted by Crippen LogP contribution is 2.34. The number of ether oxygens (including phenoxy) is 1. The van der Waals surface area contributed by atoms with Crippen molar-refractivity contribution in [2.75, 3.05) is 6.61 Å². The number of cyclic esters (lactones) is 1. The quantitative estimate of drug-likeness (QED) is 0.685. The van der Waals surface area contributed by atoms with Gasteiger partial charge in [-0.1, -0.05) is 6.08 Å². The van der Waals surface area contributed by atoms with E-state index in [1.165, 1.54) is 0 Å². The second-order valence-electron chi connectivity index (χ2n) is 4.59. The van der Waals surface area contributed by atoms with Gasteiger partial charge < -0.3 is 4.74 Å². The minimum Gasteiger partial charge on any atom is -0.447 e. The van der Waals surface area contributed by atoms with Gasteiger partial charge in [0.15, 0.2) is 0 Å². The molecule has 0 aliphatic carbocycles. The van der Waals surface area contributed by atoms with Crippen LogP contribution in [0.1, 0.15) is 26.2 Å². The third-order valence-electron chi connectivity index (χ3n) is 3.49. The zero-order valence-corrected chi connectivity index (χ0v) is 9.52. The van der Waals surface area contributed by atoms with Crippen LogP contribution in [0.15, 0.2) is 12.7 Å². The number of Topliss-reactive ketones (excluding diaryl/α,β-unsaturated/α-hetero) is 1. The first-order valence-corrected chi connectivity index (χ1v) is 5.70. The van der Waals surface area contributed by atoms with Gasteiger partial charge in [0, 0.05) is 12.5 Å². The van der Waals surface area contributed by atoms with Crippen LogP contribution < -0.4 is 0 Å². The van der Waals surface area contributed by atoms with Crippen LogP contribution >= 0.6 is 0 Å². The third-order valence-corrected chi connectivity index (χ3v) is 3.49. The van der Waals surface area contributed by atoms with Gasteiger partial charge in [0.1, 0.15) is 12.4 Å². The number of amides is 1. The standard InChI is InChI=1S/C12H17NO3/c1-3-9-4-5-10-7-16-12(15)13(10)11(9)6-8(2)14/h3,9-11H,1,4-7H2,2H3/t9-,10-,11+/m0/s1. The number of hydrogen-bond acceptors (Lipinski definition) is 3. The van der Waals surface area contributed by atoms with Crippen LogP contribution in [0.3, 0.4) is 0 Å². The van der Waals surface area contributed by atoms with E-state index in [1.54, 1.807) is 11.8 Å². The number of nitrogens with zero attached hydrogens (tertiary/aromatic N) is 1. The Kier molecular flexibility index (Phi) is 2.99. The molecule has 0 aromatic rings. The van der Waals surface area contributed by atoms with Crippen LogP contribution in [0.2, 0.25) is 0 Å². The van der Waals surface area contributed by atoms with Crippen molar-refractivity contribution in [1.29, 1.82) is 0 Å². The summed E-state index contributed by atoms with van der Waals surface area (Å²) in [4.78, 5) is 24.6. The van der Waals surface area contributed by atoms with Crippen molar-refractivity contribution >= 4 is 11.9 Å². The number of carbonyl (C=O) groups is 2. The van der Waals surface area contributed by atoms with Crippen molar-refractivity contribution in [2.45, 2.75) is 38.3 Å². The van der Waals surface area contributed by atoms with E-state index in [0.29, 0.717) is 13.0 Å². The average Bonchev–Trinajstić information content (AvgIpc) is 2.60. The molecule has 0 aromatic carbocycles. The lowest BCUT2D eigenvalue weighted by Crippen LogP contribution is -2.50. The molecule has 2 rings (SSSR count). The van der Waals surface area contributed by atoms with E-state index in [2.05, 4.69) is 6.58 Å². The lowest BCUT2D eigenvalue weighted by Gasteiger charge is -2.39. The van der Waals surface area contributed by atoms with Crippen LogP contribution in [0.4, 0.5) is 4.79 Å². The summed E-state index contributed by atoms with van der Waals surface area (Å²) >= 11 is 0. The van der Waals surface area contributed by atoms with E-state index in [4.69, 9.17) is 4.74 Å². The molecule has 4 nitrogen and oxygen atoms in total. The van der Waals surface area contributed by atoms with Crippen molar-refractivity contribution in [3.63, 3.8) is 0 Å². The first-order valence-electron chi connectivity index (χ1n) is 5.70. The summed E-state index contributed by atoms with van der Waals surface area (Å²) in [5.41, 5.74) is 0. The van der Waals surface area contributed by atoms with E-state index in [9.17, 15) is 9.59 Å². The minimum atomic E-state index is -0.275. The Morgan fingerprint density at radius 2 is 2.38 bits per heavy atom. The van der Waals surface area contributed by atoms with E-state index < -0.39 is 0 Å². The van der Waals surface area contributed by atoms with Crippen LogP contribution in [-0.4, -0.2) is 35.5 Å². The molecule has 1 amide bonds. The second kappa shape index (κ2) is 4.28. The number of ketones is 1. The van der Waals surface area contributed by atoms with Crippen LogP contribution in [-0.2, 0) is 9.53 Å². The molecule has 2 aliphatic rings. The highest BCUT2D eigenvalue weighted by molar-refractivity contribution is 5.78. The Bertz CT molecular complexity index is 326. The van der Waals surface area contributed by atoms with E-state index in [-0.39, 0.29) is 29.9 Å². The molecule has 2 saturated heterocycles. The molecule has 88 valence electrons. The maximum Gasteiger partial charge on any atom is 0.410 e. The number of carbonyl (C=O) groups excluding carboxylic acids is 2. The van der Waals surface area contributed by atoms with E-state index >= 15 is 0 Å². The Balaban J connectivity index is 2.20. The van der Waals surface area contributed by atoms with Gasteiger partial charge >= 0.3 is 6.09 Å². The summed E-state index contributed by atoms with van der Waals surface area (Å²) in [6.07, 6.45) is 3.91. The molecule has 2 aliphatic heterocycles. The van der Waals surface area contributed by atoms with Gasteiger partial charge in [-0.15, -0.1) is 6.58 Å². The monoisotopic (exact) mass is 223 g/mol. The fourth-order valence-electron chi connectivity index (χ4n) is 2.70. The van der Waals surface area contributed by atoms with Crippen LogP contribution in [0.5, 0.6) is 0 Å². The lowest BCUT2D eigenvalue weighted by molar-refractivity contribution is -0.118. The Hall–Kier alpha value is -1.32. The summed E-state index contributed by atoms with van der Waals surface area (Å²) in [6.45, 7) is 5.82. The molecule has 0 N–H and O–H groups in total. The fraction of sp³-hybridized carbons (Fsp3) is 0.667. The SMILES string of the molecule is C=C[C@H]1CC[C@H]2COC(=O)N2[C@@H]1CC(C)=O. The van der Waals surface area contributed by atoms with Gasteiger partial charge in [-0.2, -0.15) is 0 Å². The summed E-state index contributed by atoms with van der Waals surface area (Å²) in [7, 11) is 0. The predicted molar refractivity (Wildman–Crippen MR) is 59.0 cm³/mol. The van der Waals surface area contributed by atoms with Gasteiger partial charge in [0.05, 0.1) is 6.04 Å². The molecule has 0 bridgehead atoms. The average molecular weight is 223 g/mol. The Morgan fingerprint density at radius 3 is 3.00 bits per heavy atom. The van der Waals surface area contributed by atoms with E-state index in [0.717, 1.165) is 12.8 Å². The molecule has 0 spiro atoms. The topological polar surface area (TPSA) is 46.6 Å². The summed E-state index contributed by atoms with van der Waals surface area (Å²) in [5.74, 6) is 0.322. The normalized spacial score (nSPS) is 33.2. The summed E-state index contributed by atoms with van der Waals surface area (Å²) in [5, 5.41) is 0. The Labute approximate surface area is 95.2 Å². The number of hydrogen-bond donors (Lipinski definition) is 0. The molecule has 0 radical (unpaired) electrons. The second-order valence-corrected chi connectivity index (χ2v) is 4.59. The molecule has 2 fully saturated rings.